The number of carbonyl (C=O) groups excluding carboxylic acids is 1. The molecule has 140 valence electrons. The molecular weight excluding hydrogens is 332 g/mol. The third-order valence-electron chi connectivity index (χ3n) is 5.53. The molecule has 2 aromatic rings. The molecule has 1 unspecified atom stereocenters. The number of aliphatic carboxylic acids is 1. The molecule has 0 fully saturated rings. The number of nitrogens with zero attached hydrogens (tertiary/aromatic N) is 2. The number of carboxylic acid groups (broad SMARTS) is 1. The van der Waals surface area contributed by atoms with Gasteiger partial charge in [-0.05, 0) is 43.9 Å². The van der Waals surface area contributed by atoms with Crippen LogP contribution >= 0.6 is 0 Å². The summed E-state index contributed by atoms with van der Waals surface area (Å²) in [5, 5.41) is 9.78. The number of fused-ring (bicyclic) bond motifs is 1. The molecule has 0 amide bonds. The zero-order valence-electron chi connectivity index (χ0n) is 15.8. The van der Waals surface area contributed by atoms with Gasteiger partial charge in [0.15, 0.2) is 5.88 Å². The normalized spacial score (nSPS) is 18.8. The number of aromatic nitrogens is 2. The number of hydrogen-bond donors (Lipinski definition) is 1. The van der Waals surface area contributed by atoms with E-state index in [1.54, 1.807) is 16.7 Å². The summed E-state index contributed by atoms with van der Waals surface area (Å²) in [4.78, 5) is 25.1. The van der Waals surface area contributed by atoms with Gasteiger partial charge in [0.05, 0.1) is 18.0 Å². The van der Waals surface area contributed by atoms with Crippen LogP contribution in [0, 0.1) is 6.92 Å². The standard InChI is InChI=1S/C20H26N2O4/c1-5-11-26-16-8-7-14(21(16)4)18(23)17-13(3)12-15-20(6-2,19(24)25)9-10-22(15)17/h7-8,12H,5-6,9-11H2,1-4H3,(H,24,25). The molecule has 0 aliphatic carbocycles. The van der Waals surface area contributed by atoms with Gasteiger partial charge in [-0.25, -0.2) is 0 Å². The van der Waals surface area contributed by atoms with Gasteiger partial charge in [0.1, 0.15) is 5.41 Å². The van der Waals surface area contributed by atoms with Crippen molar-refractivity contribution in [2.45, 2.75) is 52.0 Å². The maximum absolute atomic E-state index is 13.2. The highest BCUT2D eigenvalue weighted by Crippen LogP contribution is 2.41. The topological polar surface area (TPSA) is 73.5 Å². The van der Waals surface area contributed by atoms with E-state index in [0.717, 1.165) is 17.7 Å². The van der Waals surface area contributed by atoms with Gasteiger partial charge in [0.2, 0.25) is 5.78 Å². The second-order valence-electron chi connectivity index (χ2n) is 7.00. The minimum Gasteiger partial charge on any atom is -0.481 e. The first kappa shape index (κ1) is 18.3. The van der Waals surface area contributed by atoms with Crippen LogP contribution in [0.4, 0.5) is 0 Å². The minimum absolute atomic E-state index is 0.0973. The van der Waals surface area contributed by atoms with Crippen LogP contribution in [0.1, 0.15) is 60.5 Å². The van der Waals surface area contributed by atoms with E-state index in [0.29, 0.717) is 43.3 Å². The first-order valence-corrected chi connectivity index (χ1v) is 9.14. The summed E-state index contributed by atoms with van der Waals surface area (Å²) in [5.41, 5.74) is 1.79. The molecule has 1 aliphatic rings. The number of carboxylic acids is 1. The van der Waals surface area contributed by atoms with Crippen LogP contribution in [0.25, 0.3) is 0 Å². The molecule has 1 atom stereocenters. The van der Waals surface area contributed by atoms with Crippen LogP contribution in [0.5, 0.6) is 5.88 Å². The van der Waals surface area contributed by atoms with E-state index < -0.39 is 11.4 Å². The Morgan fingerprint density at radius 1 is 1.31 bits per heavy atom. The van der Waals surface area contributed by atoms with E-state index in [2.05, 4.69) is 0 Å². The van der Waals surface area contributed by atoms with Gasteiger partial charge in [-0.1, -0.05) is 13.8 Å². The summed E-state index contributed by atoms with van der Waals surface area (Å²) >= 11 is 0. The molecule has 3 rings (SSSR count). The van der Waals surface area contributed by atoms with Crippen molar-refractivity contribution < 1.29 is 19.4 Å². The van der Waals surface area contributed by atoms with Gasteiger partial charge in [-0.2, -0.15) is 0 Å². The third kappa shape index (κ3) is 2.55. The van der Waals surface area contributed by atoms with Crippen molar-refractivity contribution in [3.63, 3.8) is 0 Å². The number of carbonyl (C=O) groups is 2. The SMILES string of the molecule is CCCOc1ccc(C(=O)c2c(C)cc3n2CCC3(CC)C(=O)O)n1C. The average Bonchev–Trinajstić information content (AvgIpc) is 3.24. The van der Waals surface area contributed by atoms with E-state index in [9.17, 15) is 14.7 Å². The Bertz CT molecular complexity index is 862. The molecule has 0 saturated carbocycles. The highest BCUT2D eigenvalue weighted by molar-refractivity contribution is 6.08. The third-order valence-corrected chi connectivity index (χ3v) is 5.53. The number of aryl methyl sites for hydroxylation is 1. The summed E-state index contributed by atoms with van der Waals surface area (Å²) in [6.45, 7) is 6.95. The Labute approximate surface area is 153 Å². The van der Waals surface area contributed by atoms with E-state index in [1.807, 2.05) is 38.5 Å². The highest BCUT2D eigenvalue weighted by atomic mass is 16.5. The Balaban J connectivity index is 2.02. The molecule has 26 heavy (non-hydrogen) atoms. The molecule has 0 saturated heterocycles. The predicted molar refractivity (Wildman–Crippen MR) is 98.0 cm³/mol. The smallest absolute Gasteiger partial charge is 0.315 e. The Hall–Kier alpha value is -2.50. The first-order chi connectivity index (χ1) is 12.4. The van der Waals surface area contributed by atoms with Crippen LogP contribution in [0.2, 0.25) is 0 Å². The summed E-state index contributed by atoms with van der Waals surface area (Å²) in [6.07, 6.45) is 1.93. The molecule has 0 spiro atoms. The summed E-state index contributed by atoms with van der Waals surface area (Å²) < 4.78 is 9.32. The van der Waals surface area contributed by atoms with Gasteiger partial charge in [0, 0.05) is 25.4 Å². The summed E-state index contributed by atoms with van der Waals surface area (Å²) in [7, 11) is 1.81. The molecule has 0 radical (unpaired) electrons. The van der Waals surface area contributed by atoms with E-state index in [1.165, 1.54) is 0 Å². The van der Waals surface area contributed by atoms with Crippen LogP contribution in [0.15, 0.2) is 18.2 Å². The van der Waals surface area contributed by atoms with Crippen molar-refractivity contribution in [2.75, 3.05) is 6.61 Å². The van der Waals surface area contributed by atoms with E-state index in [4.69, 9.17) is 4.74 Å². The monoisotopic (exact) mass is 358 g/mol. The van der Waals surface area contributed by atoms with Gasteiger partial charge in [-0.15, -0.1) is 0 Å². The van der Waals surface area contributed by atoms with Crippen molar-refractivity contribution >= 4 is 11.8 Å². The lowest BCUT2D eigenvalue weighted by Crippen LogP contribution is -2.32. The van der Waals surface area contributed by atoms with Crippen molar-refractivity contribution in [2.24, 2.45) is 7.05 Å². The molecule has 1 N–H and O–H groups in total. The molecule has 0 bridgehead atoms. The lowest BCUT2D eigenvalue weighted by molar-refractivity contribution is -0.144. The first-order valence-electron chi connectivity index (χ1n) is 9.14. The molecule has 6 heteroatoms. The second-order valence-corrected chi connectivity index (χ2v) is 7.00. The van der Waals surface area contributed by atoms with E-state index in [-0.39, 0.29) is 5.78 Å². The molecule has 2 aromatic heterocycles. The maximum Gasteiger partial charge on any atom is 0.315 e. The fourth-order valence-corrected chi connectivity index (χ4v) is 3.96. The second kappa shape index (κ2) is 6.67. The Morgan fingerprint density at radius 3 is 2.65 bits per heavy atom. The lowest BCUT2D eigenvalue weighted by Gasteiger charge is -2.21. The fraction of sp³-hybridized carbons (Fsp3) is 0.500. The van der Waals surface area contributed by atoms with Crippen LogP contribution in [-0.4, -0.2) is 32.6 Å². The van der Waals surface area contributed by atoms with Crippen LogP contribution in [-0.2, 0) is 23.8 Å². The number of hydrogen-bond acceptors (Lipinski definition) is 3. The van der Waals surface area contributed by atoms with Gasteiger partial charge in [-0.3, -0.25) is 9.59 Å². The average molecular weight is 358 g/mol. The van der Waals surface area contributed by atoms with Gasteiger partial charge < -0.3 is 19.0 Å². The largest absolute Gasteiger partial charge is 0.481 e. The molecule has 0 aromatic carbocycles. The number of rotatable bonds is 7. The van der Waals surface area contributed by atoms with Crippen molar-refractivity contribution in [3.05, 3.63) is 40.8 Å². The van der Waals surface area contributed by atoms with Crippen LogP contribution in [0.3, 0.4) is 0 Å². The Morgan fingerprint density at radius 2 is 2.04 bits per heavy atom. The summed E-state index contributed by atoms with van der Waals surface area (Å²) in [6, 6.07) is 5.45. The quantitative estimate of drug-likeness (QED) is 0.771. The number of ketones is 1. The van der Waals surface area contributed by atoms with Gasteiger partial charge in [0.25, 0.3) is 0 Å². The Kier molecular flexibility index (Phi) is 4.69. The minimum atomic E-state index is -0.896. The fourth-order valence-electron chi connectivity index (χ4n) is 3.96. The predicted octanol–water partition coefficient (Wildman–Crippen LogP) is 3.29. The molecule has 3 heterocycles. The van der Waals surface area contributed by atoms with Gasteiger partial charge >= 0.3 is 5.97 Å². The molecule has 1 aliphatic heterocycles. The molecule has 6 nitrogen and oxygen atoms in total. The lowest BCUT2D eigenvalue weighted by atomic mass is 9.81. The maximum atomic E-state index is 13.2. The van der Waals surface area contributed by atoms with Crippen molar-refractivity contribution in [1.29, 1.82) is 0 Å². The zero-order chi connectivity index (χ0) is 19.1. The highest BCUT2D eigenvalue weighted by Gasteiger charge is 2.46. The van der Waals surface area contributed by atoms with Crippen LogP contribution < -0.4 is 4.74 Å². The summed E-state index contributed by atoms with van der Waals surface area (Å²) in [5.74, 6) is -0.251. The zero-order valence-corrected chi connectivity index (χ0v) is 15.8. The van der Waals surface area contributed by atoms with Crippen molar-refractivity contribution in [1.82, 2.24) is 9.13 Å². The molecular formula is C20H26N2O4. The van der Waals surface area contributed by atoms with E-state index >= 15 is 0 Å². The number of ether oxygens (including phenoxy) is 1. The van der Waals surface area contributed by atoms with Crippen molar-refractivity contribution in [3.8, 4) is 5.88 Å².